The van der Waals surface area contributed by atoms with Crippen molar-refractivity contribution in [3.8, 4) is 5.75 Å². The molecule has 3 atom stereocenters. The second kappa shape index (κ2) is 7.14. The standard InChI is InChI=1S/C15H19N3O4.ClH/c16-14-6-1-10-7-17(8-13(10)14)15(19)9-22-12-4-2-11(3-5-12)18(20)21;/h2-5,10,13-14H,1,6-9,16H2;1H. The fourth-order valence-corrected chi connectivity index (χ4v) is 3.41. The van der Waals surface area contributed by atoms with E-state index in [2.05, 4.69) is 0 Å². The van der Waals surface area contributed by atoms with Crippen LogP contribution in [0.5, 0.6) is 5.75 Å². The van der Waals surface area contributed by atoms with E-state index in [0.29, 0.717) is 24.1 Å². The van der Waals surface area contributed by atoms with Gasteiger partial charge in [-0.05, 0) is 36.8 Å². The normalized spacial score (nSPS) is 25.6. The number of fused-ring (bicyclic) bond motifs is 1. The summed E-state index contributed by atoms with van der Waals surface area (Å²) in [5.74, 6) is 1.34. The van der Waals surface area contributed by atoms with E-state index < -0.39 is 4.92 Å². The third kappa shape index (κ3) is 3.73. The first-order valence-corrected chi connectivity index (χ1v) is 7.45. The molecule has 1 saturated heterocycles. The van der Waals surface area contributed by atoms with E-state index >= 15 is 0 Å². The molecule has 2 fully saturated rings. The van der Waals surface area contributed by atoms with Gasteiger partial charge in [0.15, 0.2) is 6.61 Å². The molecule has 1 heterocycles. The first-order valence-electron chi connectivity index (χ1n) is 7.45. The summed E-state index contributed by atoms with van der Waals surface area (Å²) in [6.45, 7) is 1.43. The summed E-state index contributed by atoms with van der Waals surface area (Å²) >= 11 is 0. The van der Waals surface area contributed by atoms with Crippen LogP contribution in [0.4, 0.5) is 5.69 Å². The number of hydrogen-bond acceptors (Lipinski definition) is 5. The Morgan fingerprint density at radius 2 is 2.00 bits per heavy atom. The number of hydrogen-bond donors (Lipinski definition) is 1. The molecule has 1 aromatic carbocycles. The largest absolute Gasteiger partial charge is 0.484 e. The lowest BCUT2D eigenvalue weighted by molar-refractivity contribution is -0.384. The Balaban J connectivity index is 0.00000192. The minimum Gasteiger partial charge on any atom is -0.484 e. The number of nitro groups is 1. The molecule has 1 saturated carbocycles. The van der Waals surface area contributed by atoms with Gasteiger partial charge in [0.25, 0.3) is 11.6 Å². The number of nitrogens with two attached hydrogens (primary N) is 1. The number of amides is 1. The van der Waals surface area contributed by atoms with Gasteiger partial charge in [-0.2, -0.15) is 0 Å². The van der Waals surface area contributed by atoms with E-state index in [-0.39, 0.29) is 36.7 Å². The lowest BCUT2D eigenvalue weighted by Gasteiger charge is -2.18. The molecule has 3 rings (SSSR count). The molecule has 0 bridgehead atoms. The highest BCUT2D eigenvalue weighted by molar-refractivity contribution is 5.85. The van der Waals surface area contributed by atoms with E-state index in [1.807, 2.05) is 4.90 Å². The Labute approximate surface area is 140 Å². The third-order valence-corrected chi connectivity index (χ3v) is 4.67. The predicted octanol–water partition coefficient (Wildman–Crippen LogP) is 1.59. The number of carbonyl (C=O) groups excluding carboxylic acids is 1. The Bertz CT molecular complexity index is 581. The first-order chi connectivity index (χ1) is 10.5. The average molecular weight is 342 g/mol. The van der Waals surface area contributed by atoms with Crippen LogP contribution in [0.15, 0.2) is 24.3 Å². The van der Waals surface area contributed by atoms with Gasteiger partial charge < -0.3 is 15.4 Å². The summed E-state index contributed by atoms with van der Waals surface area (Å²) in [5, 5.41) is 10.6. The monoisotopic (exact) mass is 341 g/mol. The SMILES string of the molecule is Cl.NC1CCC2CN(C(=O)COc3ccc([N+](=O)[O-])cc3)CC12. The van der Waals surface area contributed by atoms with E-state index in [4.69, 9.17) is 10.5 Å². The number of likely N-dealkylation sites (tertiary alicyclic amines) is 1. The Morgan fingerprint density at radius 1 is 1.30 bits per heavy atom. The fraction of sp³-hybridized carbons (Fsp3) is 0.533. The van der Waals surface area contributed by atoms with Crippen LogP contribution in [-0.4, -0.2) is 41.5 Å². The van der Waals surface area contributed by atoms with Crippen molar-refractivity contribution in [1.82, 2.24) is 4.90 Å². The molecular formula is C15H20ClN3O4. The van der Waals surface area contributed by atoms with Crippen LogP contribution in [0.25, 0.3) is 0 Å². The zero-order valence-electron chi connectivity index (χ0n) is 12.6. The number of nitro benzene ring substituents is 1. The Morgan fingerprint density at radius 3 is 2.61 bits per heavy atom. The fourth-order valence-electron chi connectivity index (χ4n) is 3.41. The van der Waals surface area contributed by atoms with Gasteiger partial charge in [-0.25, -0.2) is 0 Å². The van der Waals surface area contributed by atoms with Crippen molar-refractivity contribution in [2.24, 2.45) is 17.6 Å². The lowest BCUT2D eigenvalue weighted by Crippen LogP contribution is -2.36. The maximum atomic E-state index is 12.2. The number of nitrogens with zero attached hydrogens (tertiary/aromatic N) is 2. The molecule has 126 valence electrons. The van der Waals surface area contributed by atoms with E-state index in [1.165, 1.54) is 24.3 Å². The van der Waals surface area contributed by atoms with Gasteiger partial charge >= 0.3 is 0 Å². The van der Waals surface area contributed by atoms with Crippen LogP contribution in [0, 0.1) is 22.0 Å². The zero-order valence-corrected chi connectivity index (χ0v) is 13.4. The Kier molecular flexibility index (Phi) is 5.43. The molecule has 3 unspecified atom stereocenters. The maximum Gasteiger partial charge on any atom is 0.269 e. The molecule has 0 radical (unpaired) electrons. The van der Waals surface area contributed by atoms with Crippen LogP contribution in [-0.2, 0) is 4.79 Å². The number of ether oxygens (including phenoxy) is 1. The van der Waals surface area contributed by atoms with Gasteiger partial charge in [0.2, 0.25) is 0 Å². The van der Waals surface area contributed by atoms with Crippen molar-refractivity contribution >= 4 is 24.0 Å². The molecule has 8 heteroatoms. The number of halogens is 1. The van der Waals surface area contributed by atoms with Crippen LogP contribution < -0.4 is 10.5 Å². The first kappa shape index (κ1) is 17.5. The van der Waals surface area contributed by atoms with Crippen molar-refractivity contribution in [3.05, 3.63) is 34.4 Å². The molecule has 0 aromatic heterocycles. The predicted molar refractivity (Wildman–Crippen MR) is 86.6 cm³/mol. The van der Waals surface area contributed by atoms with E-state index in [1.54, 1.807) is 0 Å². The third-order valence-electron chi connectivity index (χ3n) is 4.67. The van der Waals surface area contributed by atoms with Crippen LogP contribution in [0.3, 0.4) is 0 Å². The molecular weight excluding hydrogens is 322 g/mol. The topological polar surface area (TPSA) is 98.7 Å². The molecule has 1 aromatic rings. The van der Waals surface area contributed by atoms with Crippen molar-refractivity contribution in [3.63, 3.8) is 0 Å². The number of non-ortho nitro benzene ring substituents is 1. The summed E-state index contributed by atoms with van der Waals surface area (Å²) < 4.78 is 5.42. The van der Waals surface area contributed by atoms with E-state index in [9.17, 15) is 14.9 Å². The smallest absolute Gasteiger partial charge is 0.269 e. The lowest BCUT2D eigenvalue weighted by atomic mass is 9.98. The maximum absolute atomic E-state index is 12.2. The Hall–Kier alpha value is -1.86. The summed E-state index contributed by atoms with van der Waals surface area (Å²) in [6, 6.07) is 5.93. The van der Waals surface area contributed by atoms with Crippen molar-refractivity contribution < 1.29 is 14.5 Å². The van der Waals surface area contributed by atoms with Crippen LogP contribution in [0.1, 0.15) is 12.8 Å². The summed E-state index contributed by atoms with van der Waals surface area (Å²) in [4.78, 5) is 24.1. The van der Waals surface area contributed by atoms with Gasteiger partial charge in [-0.15, -0.1) is 12.4 Å². The minimum absolute atomic E-state index is 0. The number of benzene rings is 1. The van der Waals surface area contributed by atoms with Crippen molar-refractivity contribution in [1.29, 1.82) is 0 Å². The van der Waals surface area contributed by atoms with Gasteiger partial charge in [0.1, 0.15) is 5.75 Å². The second-order valence-electron chi connectivity index (χ2n) is 6.00. The molecule has 1 amide bonds. The molecule has 2 aliphatic rings. The second-order valence-corrected chi connectivity index (χ2v) is 6.00. The van der Waals surface area contributed by atoms with Crippen LogP contribution >= 0.6 is 12.4 Å². The highest BCUT2D eigenvalue weighted by Gasteiger charge is 2.42. The summed E-state index contributed by atoms with van der Waals surface area (Å²) in [5.41, 5.74) is 6.06. The van der Waals surface area contributed by atoms with E-state index in [0.717, 1.165) is 19.4 Å². The minimum atomic E-state index is -0.471. The molecule has 0 spiro atoms. The van der Waals surface area contributed by atoms with Crippen molar-refractivity contribution in [2.45, 2.75) is 18.9 Å². The average Bonchev–Trinajstić information content (AvgIpc) is 3.08. The van der Waals surface area contributed by atoms with Crippen LogP contribution in [0.2, 0.25) is 0 Å². The van der Waals surface area contributed by atoms with Gasteiger partial charge in [-0.3, -0.25) is 14.9 Å². The molecule has 1 aliphatic heterocycles. The van der Waals surface area contributed by atoms with Gasteiger partial charge in [-0.1, -0.05) is 0 Å². The quantitative estimate of drug-likeness (QED) is 0.662. The molecule has 7 nitrogen and oxygen atoms in total. The number of rotatable bonds is 4. The summed E-state index contributed by atoms with van der Waals surface area (Å²) in [6.07, 6.45) is 2.15. The zero-order chi connectivity index (χ0) is 15.7. The van der Waals surface area contributed by atoms with Crippen molar-refractivity contribution in [2.75, 3.05) is 19.7 Å². The highest BCUT2D eigenvalue weighted by Crippen LogP contribution is 2.37. The molecule has 1 aliphatic carbocycles. The molecule has 23 heavy (non-hydrogen) atoms. The summed E-state index contributed by atoms with van der Waals surface area (Å²) in [7, 11) is 0. The molecule has 2 N–H and O–H groups in total. The van der Waals surface area contributed by atoms with Gasteiger partial charge in [0, 0.05) is 31.3 Å². The number of carbonyl (C=O) groups is 1. The van der Waals surface area contributed by atoms with Gasteiger partial charge in [0.05, 0.1) is 4.92 Å². The highest BCUT2D eigenvalue weighted by atomic mass is 35.5.